The summed E-state index contributed by atoms with van der Waals surface area (Å²) in [5.41, 5.74) is 0. The summed E-state index contributed by atoms with van der Waals surface area (Å²) in [4.78, 5) is 10.7. The topological polar surface area (TPSA) is 83.5 Å². The molecule has 0 aromatic heterocycles. The SMILES string of the molecule is C=CC(=O)NCCCC(C)S(=O)(=O)O. The number of rotatable bonds is 6. The van der Waals surface area contributed by atoms with Crippen LogP contribution in [0.3, 0.4) is 0 Å². The Bertz CT molecular complexity index is 296. The fourth-order valence-corrected chi connectivity index (χ4v) is 1.29. The van der Waals surface area contributed by atoms with E-state index in [4.69, 9.17) is 4.55 Å². The van der Waals surface area contributed by atoms with Crippen molar-refractivity contribution in [3.63, 3.8) is 0 Å². The van der Waals surface area contributed by atoms with Gasteiger partial charge in [0.15, 0.2) is 0 Å². The molecule has 14 heavy (non-hydrogen) atoms. The third-order valence-corrected chi connectivity index (χ3v) is 3.03. The zero-order chi connectivity index (χ0) is 11.2. The molecule has 2 N–H and O–H groups in total. The fourth-order valence-electron chi connectivity index (χ4n) is 0.822. The summed E-state index contributed by atoms with van der Waals surface area (Å²) < 4.78 is 29.7. The van der Waals surface area contributed by atoms with Crippen molar-refractivity contribution in [3.05, 3.63) is 12.7 Å². The van der Waals surface area contributed by atoms with E-state index in [1.54, 1.807) is 0 Å². The van der Waals surface area contributed by atoms with E-state index in [2.05, 4.69) is 11.9 Å². The molecule has 0 saturated carbocycles. The van der Waals surface area contributed by atoms with E-state index in [0.29, 0.717) is 19.4 Å². The Hall–Kier alpha value is -0.880. The van der Waals surface area contributed by atoms with E-state index in [9.17, 15) is 13.2 Å². The predicted molar refractivity (Wildman–Crippen MR) is 53.5 cm³/mol. The van der Waals surface area contributed by atoms with Crippen molar-refractivity contribution in [3.8, 4) is 0 Å². The molecule has 0 saturated heterocycles. The van der Waals surface area contributed by atoms with E-state index in [1.165, 1.54) is 6.92 Å². The van der Waals surface area contributed by atoms with Gasteiger partial charge in [-0.15, -0.1) is 0 Å². The minimum Gasteiger partial charge on any atom is -0.353 e. The van der Waals surface area contributed by atoms with Gasteiger partial charge in [0.1, 0.15) is 0 Å². The van der Waals surface area contributed by atoms with Crippen LogP contribution in [0, 0.1) is 0 Å². The molecular weight excluding hydrogens is 206 g/mol. The molecule has 0 spiro atoms. The minimum absolute atomic E-state index is 0.287. The second kappa shape index (κ2) is 5.77. The van der Waals surface area contributed by atoms with Gasteiger partial charge in [0.25, 0.3) is 10.1 Å². The lowest BCUT2D eigenvalue weighted by molar-refractivity contribution is -0.116. The van der Waals surface area contributed by atoms with Crippen molar-refractivity contribution >= 4 is 16.0 Å². The van der Waals surface area contributed by atoms with Gasteiger partial charge in [0.2, 0.25) is 5.91 Å². The molecule has 0 bridgehead atoms. The van der Waals surface area contributed by atoms with E-state index in [1.807, 2.05) is 0 Å². The Morgan fingerprint density at radius 3 is 2.64 bits per heavy atom. The van der Waals surface area contributed by atoms with Gasteiger partial charge < -0.3 is 5.32 Å². The molecule has 1 amide bonds. The van der Waals surface area contributed by atoms with Gasteiger partial charge in [-0.2, -0.15) is 8.42 Å². The van der Waals surface area contributed by atoms with Crippen molar-refractivity contribution in [2.75, 3.05) is 6.54 Å². The van der Waals surface area contributed by atoms with E-state index in [0.717, 1.165) is 6.08 Å². The largest absolute Gasteiger partial charge is 0.353 e. The first-order valence-corrected chi connectivity index (χ1v) is 5.75. The molecular formula is C8H15NO4S. The molecule has 0 aliphatic carbocycles. The van der Waals surface area contributed by atoms with E-state index < -0.39 is 15.4 Å². The molecule has 0 aromatic carbocycles. The Kier molecular flexibility index (Phi) is 5.40. The van der Waals surface area contributed by atoms with Crippen LogP contribution in [0.1, 0.15) is 19.8 Å². The van der Waals surface area contributed by atoms with Crippen LogP contribution in [0.5, 0.6) is 0 Å². The van der Waals surface area contributed by atoms with Gasteiger partial charge in [-0.05, 0) is 25.8 Å². The average molecular weight is 221 g/mol. The van der Waals surface area contributed by atoms with Crippen LogP contribution in [0.25, 0.3) is 0 Å². The van der Waals surface area contributed by atoms with E-state index >= 15 is 0 Å². The molecule has 0 aliphatic heterocycles. The first-order chi connectivity index (χ1) is 6.38. The summed E-state index contributed by atoms with van der Waals surface area (Å²) in [6.45, 7) is 5.07. The first kappa shape index (κ1) is 13.1. The molecule has 0 aromatic rings. The standard InChI is InChI=1S/C8H15NO4S/c1-3-8(10)9-6-4-5-7(2)14(11,12)13/h3,7H,1,4-6H2,2H3,(H,9,10)(H,11,12,13). The van der Waals surface area contributed by atoms with Crippen molar-refractivity contribution in [2.24, 2.45) is 0 Å². The molecule has 0 rings (SSSR count). The van der Waals surface area contributed by atoms with Gasteiger partial charge in [0, 0.05) is 6.54 Å². The molecule has 0 fully saturated rings. The Balaban J connectivity index is 3.66. The molecule has 1 unspecified atom stereocenters. The van der Waals surface area contributed by atoms with Crippen LogP contribution >= 0.6 is 0 Å². The highest BCUT2D eigenvalue weighted by molar-refractivity contribution is 7.86. The zero-order valence-electron chi connectivity index (χ0n) is 8.06. The predicted octanol–water partition coefficient (Wildman–Crippen LogP) is 0.345. The van der Waals surface area contributed by atoms with Crippen LogP contribution in [-0.2, 0) is 14.9 Å². The van der Waals surface area contributed by atoms with Crippen molar-refractivity contribution in [1.82, 2.24) is 5.32 Å². The summed E-state index contributed by atoms with van der Waals surface area (Å²) in [6.07, 6.45) is 1.96. The summed E-state index contributed by atoms with van der Waals surface area (Å²) >= 11 is 0. The fraction of sp³-hybridized carbons (Fsp3) is 0.625. The van der Waals surface area contributed by atoms with Crippen LogP contribution in [-0.4, -0.2) is 30.7 Å². The number of carbonyl (C=O) groups is 1. The van der Waals surface area contributed by atoms with Gasteiger partial charge in [-0.25, -0.2) is 0 Å². The summed E-state index contributed by atoms with van der Waals surface area (Å²) in [5, 5.41) is 1.72. The molecule has 1 atom stereocenters. The first-order valence-electron chi connectivity index (χ1n) is 4.24. The maximum atomic E-state index is 10.7. The summed E-state index contributed by atoms with van der Waals surface area (Å²) in [6, 6.07) is 0. The van der Waals surface area contributed by atoms with Crippen molar-refractivity contribution < 1.29 is 17.8 Å². The Morgan fingerprint density at radius 1 is 1.64 bits per heavy atom. The maximum Gasteiger partial charge on any atom is 0.267 e. The minimum atomic E-state index is -3.94. The van der Waals surface area contributed by atoms with Gasteiger partial charge in [-0.1, -0.05) is 6.58 Å². The second-order valence-electron chi connectivity index (χ2n) is 2.96. The number of nitrogens with one attached hydrogen (secondary N) is 1. The summed E-state index contributed by atoms with van der Waals surface area (Å²) in [7, 11) is -3.94. The molecule has 82 valence electrons. The highest BCUT2D eigenvalue weighted by Gasteiger charge is 2.15. The Morgan fingerprint density at radius 2 is 2.21 bits per heavy atom. The molecule has 0 radical (unpaired) electrons. The quantitative estimate of drug-likeness (QED) is 0.385. The van der Waals surface area contributed by atoms with Crippen LogP contribution in [0.15, 0.2) is 12.7 Å². The highest BCUT2D eigenvalue weighted by atomic mass is 32.2. The average Bonchev–Trinajstić information content (AvgIpc) is 2.09. The van der Waals surface area contributed by atoms with E-state index in [-0.39, 0.29) is 5.91 Å². The lowest BCUT2D eigenvalue weighted by Crippen LogP contribution is -2.24. The van der Waals surface area contributed by atoms with Crippen molar-refractivity contribution in [1.29, 1.82) is 0 Å². The number of hydrogen-bond donors (Lipinski definition) is 2. The molecule has 0 aliphatic rings. The lowest BCUT2D eigenvalue weighted by atomic mass is 10.2. The maximum absolute atomic E-state index is 10.7. The van der Waals surface area contributed by atoms with Crippen LogP contribution in [0.4, 0.5) is 0 Å². The van der Waals surface area contributed by atoms with Crippen molar-refractivity contribution in [2.45, 2.75) is 25.0 Å². The van der Waals surface area contributed by atoms with Crippen LogP contribution in [0.2, 0.25) is 0 Å². The second-order valence-corrected chi connectivity index (χ2v) is 4.80. The normalized spacial score (nSPS) is 13.3. The monoisotopic (exact) mass is 221 g/mol. The highest BCUT2D eigenvalue weighted by Crippen LogP contribution is 2.04. The Labute approximate surface area is 83.9 Å². The summed E-state index contributed by atoms with van der Waals surface area (Å²) in [5.74, 6) is -0.287. The van der Waals surface area contributed by atoms with Gasteiger partial charge in [0.05, 0.1) is 5.25 Å². The van der Waals surface area contributed by atoms with Gasteiger partial charge in [-0.3, -0.25) is 9.35 Å². The lowest BCUT2D eigenvalue weighted by Gasteiger charge is -2.07. The smallest absolute Gasteiger partial charge is 0.267 e. The van der Waals surface area contributed by atoms with Gasteiger partial charge >= 0.3 is 0 Å². The molecule has 5 nitrogen and oxygen atoms in total. The number of carbonyl (C=O) groups excluding carboxylic acids is 1. The zero-order valence-corrected chi connectivity index (χ0v) is 8.88. The third-order valence-electron chi connectivity index (χ3n) is 1.78. The third kappa shape index (κ3) is 5.71. The molecule has 6 heteroatoms. The molecule has 0 heterocycles. The van der Waals surface area contributed by atoms with Crippen LogP contribution < -0.4 is 5.32 Å². The number of amides is 1. The number of hydrogen-bond acceptors (Lipinski definition) is 3.